The second-order valence-corrected chi connectivity index (χ2v) is 10.9. The second-order valence-electron chi connectivity index (χ2n) is 8.08. The van der Waals surface area contributed by atoms with E-state index in [0.717, 1.165) is 5.75 Å². The van der Waals surface area contributed by atoms with Crippen molar-refractivity contribution in [3.8, 4) is 11.5 Å². The summed E-state index contributed by atoms with van der Waals surface area (Å²) in [5, 5.41) is 2.78. The van der Waals surface area contributed by atoms with E-state index < -0.39 is 10.0 Å². The monoisotopic (exact) mass is 548 g/mol. The normalized spacial score (nSPS) is 11.0. The molecule has 0 bridgehead atoms. The van der Waals surface area contributed by atoms with Gasteiger partial charge in [0.25, 0.3) is 15.9 Å². The number of carbonyl (C=O) groups is 1. The lowest BCUT2D eigenvalue weighted by Crippen LogP contribution is -2.14. The number of amides is 1. The van der Waals surface area contributed by atoms with E-state index in [1.807, 2.05) is 25.1 Å². The van der Waals surface area contributed by atoms with Crippen LogP contribution in [0.3, 0.4) is 0 Å². The van der Waals surface area contributed by atoms with Gasteiger partial charge in [-0.15, -0.1) is 11.8 Å². The summed E-state index contributed by atoms with van der Waals surface area (Å²) in [5.74, 6) is 1.85. The minimum atomic E-state index is -3.79. The Labute approximate surface area is 227 Å². The van der Waals surface area contributed by atoms with Crippen molar-refractivity contribution in [3.63, 3.8) is 0 Å². The maximum Gasteiger partial charge on any atom is 0.261 e. The molecule has 9 heteroatoms. The summed E-state index contributed by atoms with van der Waals surface area (Å²) in [6.07, 6.45) is 0. The number of carbonyl (C=O) groups excluding carboxylic acids is 1. The largest absolute Gasteiger partial charge is 0.494 e. The lowest BCUT2D eigenvalue weighted by molar-refractivity contribution is 0.102. The molecule has 0 unspecified atom stereocenters. The van der Waals surface area contributed by atoms with Crippen LogP contribution in [0.5, 0.6) is 11.5 Å². The highest BCUT2D eigenvalue weighted by molar-refractivity contribution is 7.99. The molecule has 0 aromatic heterocycles. The number of thioether (sulfide) groups is 1. The average Bonchev–Trinajstić information content (AvgIpc) is 2.93. The molecule has 0 atom stereocenters. The molecule has 196 valence electrons. The van der Waals surface area contributed by atoms with Gasteiger partial charge < -0.3 is 14.8 Å². The van der Waals surface area contributed by atoms with Gasteiger partial charge in [0, 0.05) is 27.6 Å². The highest BCUT2D eigenvalue weighted by Crippen LogP contribution is 2.22. The Balaban J connectivity index is 1.27. The van der Waals surface area contributed by atoms with Gasteiger partial charge in [0.15, 0.2) is 0 Å². The lowest BCUT2D eigenvalue weighted by Gasteiger charge is -2.11. The SMILES string of the molecule is CCOc1ccc(NS(=O)(=O)c2ccc(NC(=O)c3ccc(OCCSc4ccccc4)cc3)cc2)cc1. The van der Waals surface area contributed by atoms with Crippen LogP contribution in [0.25, 0.3) is 0 Å². The van der Waals surface area contributed by atoms with E-state index in [1.165, 1.54) is 17.0 Å². The first-order valence-corrected chi connectivity index (χ1v) is 14.5. The van der Waals surface area contributed by atoms with E-state index in [1.54, 1.807) is 72.4 Å². The van der Waals surface area contributed by atoms with Crippen LogP contribution in [0.2, 0.25) is 0 Å². The number of sulfonamides is 1. The minimum absolute atomic E-state index is 0.0799. The Kier molecular flexibility index (Phi) is 9.29. The molecule has 0 heterocycles. The Morgan fingerprint density at radius 1 is 0.763 bits per heavy atom. The summed E-state index contributed by atoms with van der Waals surface area (Å²) in [6.45, 7) is 2.96. The van der Waals surface area contributed by atoms with Gasteiger partial charge in [-0.3, -0.25) is 9.52 Å². The molecule has 0 aliphatic heterocycles. The molecular weight excluding hydrogens is 520 g/mol. The summed E-state index contributed by atoms with van der Waals surface area (Å²) in [5.41, 5.74) is 1.37. The Morgan fingerprint density at radius 2 is 1.37 bits per heavy atom. The Bertz CT molecular complexity index is 1430. The van der Waals surface area contributed by atoms with Crippen LogP contribution in [0.15, 0.2) is 113 Å². The molecule has 0 saturated carbocycles. The third-order valence-corrected chi connectivity index (χ3v) is 7.69. The third kappa shape index (κ3) is 7.77. The van der Waals surface area contributed by atoms with Gasteiger partial charge in [-0.1, -0.05) is 18.2 Å². The van der Waals surface area contributed by atoms with E-state index in [0.29, 0.717) is 41.7 Å². The lowest BCUT2D eigenvalue weighted by atomic mass is 10.2. The molecular formula is C29H28N2O5S2. The van der Waals surface area contributed by atoms with Crippen molar-refractivity contribution in [1.29, 1.82) is 0 Å². The summed E-state index contributed by atoms with van der Waals surface area (Å²) >= 11 is 1.72. The van der Waals surface area contributed by atoms with Crippen molar-refractivity contribution in [2.24, 2.45) is 0 Å². The van der Waals surface area contributed by atoms with Crippen molar-refractivity contribution in [2.45, 2.75) is 16.7 Å². The van der Waals surface area contributed by atoms with Crippen LogP contribution in [0.4, 0.5) is 11.4 Å². The first kappa shape index (κ1) is 27.1. The smallest absolute Gasteiger partial charge is 0.261 e. The highest BCUT2D eigenvalue weighted by atomic mass is 32.2. The minimum Gasteiger partial charge on any atom is -0.494 e. The number of benzene rings is 4. The van der Waals surface area contributed by atoms with E-state index in [9.17, 15) is 13.2 Å². The number of nitrogens with one attached hydrogen (secondary N) is 2. The van der Waals surface area contributed by atoms with Crippen LogP contribution in [-0.4, -0.2) is 33.3 Å². The zero-order valence-electron chi connectivity index (χ0n) is 20.8. The van der Waals surface area contributed by atoms with Gasteiger partial charge in [0.2, 0.25) is 0 Å². The zero-order valence-corrected chi connectivity index (χ0v) is 22.4. The quantitative estimate of drug-likeness (QED) is 0.159. The number of anilines is 2. The number of hydrogen-bond donors (Lipinski definition) is 2. The van der Waals surface area contributed by atoms with E-state index in [4.69, 9.17) is 9.47 Å². The van der Waals surface area contributed by atoms with Crippen LogP contribution in [-0.2, 0) is 10.0 Å². The molecule has 0 aliphatic carbocycles. The van der Waals surface area contributed by atoms with E-state index >= 15 is 0 Å². The fraction of sp³-hybridized carbons (Fsp3) is 0.138. The first-order chi connectivity index (χ1) is 18.4. The second kappa shape index (κ2) is 13.0. The molecule has 0 spiro atoms. The molecule has 0 radical (unpaired) electrons. The molecule has 2 N–H and O–H groups in total. The van der Waals surface area contributed by atoms with Crippen LogP contribution < -0.4 is 19.5 Å². The van der Waals surface area contributed by atoms with E-state index in [-0.39, 0.29) is 10.8 Å². The zero-order chi connectivity index (χ0) is 26.8. The predicted molar refractivity (Wildman–Crippen MR) is 152 cm³/mol. The maximum atomic E-state index is 12.7. The van der Waals surface area contributed by atoms with Gasteiger partial charge >= 0.3 is 0 Å². The molecule has 0 fully saturated rings. The molecule has 4 aromatic rings. The first-order valence-electron chi connectivity index (χ1n) is 12.0. The van der Waals surface area contributed by atoms with Gasteiger partial charge in [0.1, 0.15) is 11.5 Å². The van der Waals surface area contributed by atoms with Crippen molar-refractivity contribution in [1.82, 2.24) is 0 Å². The molecule has 0 aliphatic rings. The van der Waals surface area contributed by atoms with Gasteiger partial charge in [0.05, 0.1) is 18.1 Å². The standard InChI is InChI=1S/C29H28N2O5S2/c1-2-35-25-16-10-24(11-17-25)31-38(33,34)28-18-12-23(13-19-28)30-29(32)22-8-14-26(15-9-22)36-20-21-37-27-6-4-3-5-7-27/h3-19,31H,2,20-21H2,1H3,(H,30,32). The van der Waals surface area contributed by atoms with Crippen LogP contribution in [0.1, 0.15) is 17.3 Å². The van der Waals surface area contributed by atoms with Gasteiger partial charge in [-0.2, -0.15) is 0 Å². The van der Waals surface area contributed by atoms with Crippen LogP contribution >= 0.6 is 11.8 Å². The Morgan fingerprint density at radius 3 is 2.03 bits per heavy atom. The molecule has 4 aromatic carbocycles. The highest BCUT2D eigenvalue weighted by Gasteiger charge is 2.15. The summed E-state index contributed by atoms with van der Waals surface area (Å²) in [4.78, 5) is 13.9. The number of ether oxygens (including phenoxy) is 2. The van der Waals surface area contributed by atoms with Crippen molar-refractivity contribution in [3.05, 3.63) is 109 Å². The van der Waals surface area contributed by atoms with Gasteiger partial charge in [-0.05, 0) is 91.9 Å². The predicted octanol–water partition coefficient (Wildman–Crippen LogP) is 6.31. The number of rotatable bonds is 12. The fourth-order valence-corrected chi connectivity index (χ4v) is 5.27. The van der Waals surface area contributed by atoms with Crippen molar-refractivity contribution < 1.29 is 22.7 Å². The molecule has 4 rings (SSSR count). The van der Waals surface area contributed by atoms with Gasteiger partial charge in [-0.25, -0.2) is 8.42 Å². The summed E-state index contributed by atoms with van der Waals surface area (Å²) in [6, 6.07) is 29.7. The van der Waals surface area contributed by atoms with E-state index in [2.05, 4.69) is 22.2 Å². The van der Waals surface area contributed by atoms with Crippen molar-refractivity contribution >= 4 is 39.1 Å². The molecule has 38 heavy (non-hydrogen) atoms. The average molecular weight is 549 g/mol. The Hall–Kier alpha value is -3.95. The van der Waals surface area contributed by atoms with Crippen molar-refractivity contribution in [2.75, 3.05) is 29.0 Å². The third-order valence-electron chi connectivity index (χ3n) is 5.32. The van der Waals surface area contributed by atoms with Crippen LogP contribution in [0, 0.1) is 0 Å². The molecule has 7 nitrogen and oxygen atoms in total. The summed E-state index contributed by atoms with van der Waals surface area (Å²) in [7, 11) is -3.79. The molecule has 1 amide bonds. The summed E-state index contributed by atoms with van der Waals surface area (Å²) < 4.78 is 39.1. The topological polar surface area (TPSA) is 93.7 Å². The number of hydrogen-bond acceptors (Lipinski definition) is 6. The fourth-order valence-electron chi connectivity index (χ4n) is 3.46. The molecule has 0 saturated heterocycles. The maximum absolute atomic E-state index is 12.7.